The van der Waals surface area contributed by atoms with E-state index in [2.05, 4.69) is 30.5 Å². The average Bonchev–Trinajstić information content (AvgIpc) is 3.49. The van der Waals surface area contributed by atoms with Gasteiger partial charge in [-0.1, -0.05) is 6.07 Å². The number of fused-ring (bicyclic) bond motifs is 3. The predicted molar refractivity (Wildman–Crippen MR) is 128 cm³/mol. The third-order valence-electron chi connectivity index (χ3n) is 6.25. The van der Waals surface area contributed by atoms with Gasteiger partial charge in [-0.2, -0.15) is 10.2 Å². The summed E-state index contributed by atoms with van der Waals surface area (Å²) in [5, 5.41) is 14.1. The Bertz CT molecular complexity index is 1340. The van der Waals surface area contributed by atoms with E-state index in [1.165, 1.54) is 0 Å². The maximum absolute atomic E-state index is 13.6. The van der Waals surface area contributed by atoms with Crippen molar-refractivity contribution in [1.82, 2.24) is 20.3 Å². The van der Waals surface area contributed by atoms with Crippen LogP contribution in [0, 0.1) is 18.3 Å². The summed E-state index contributed by atoms with van der Waals surface area (Å²) in [5.74, 6) is 1.10. The molecule has 0 bridgehead atoms. The molecule has 35 heavy (non-hydrogen) atoms. The highest BCUT2D eigenvalue weighted by atomic mass is 16.4. The molecule has 1 saturated heterocycles. The third-order valence-corrected chi connectivity index (χ3v) is 6.25. The topological polar surface area (TPSA) is 140 Å². The molecule has 0 spiro atoms. The summed E-state index contributed by atoms with van der Waals surface area (Å²) in [4.78, 5) is 43.1. The van der Waals surface area contributed by atoms with Crippen molar-refractivity contribution in [3.05, 3.63) is 47.5 Å². The van der Waals surface area contributed by atoms with Gasteiger partial charge in [0, 0.05) is 43.6 Å². The van der Waals surface area contributed by atoms with Gasteiger partial charge in [0.2, 0.25) is 11.8 Å². The van der Waals surface area contributed by atoms with Crippen LogP contribution in [0.2, 0.25) is 0 Å². The van der Waals surface area contributed by atoms with E-state index in [1.54, 1.807) is 25.1 Å². The number of nitrogens with zero attached hydrogens (tertiary/aromatic N) is 6. The molecule has 0 radical (unpaired) electrons. The SMILES string of the molecule is CNc1ncc2c(n1)N1CCCC1CN(c1cccc(-c3nc(C(=O)NCC#N)c(C)o3)c1)C2=O. The maximum atomic E-state index is 13.6. The number of anilines is 3. The summed E-state index contributed by atoms with van der Waals surface area (Å²) in [6, 6.07) is 9.34. The minimum Gasteiger partial charge on any atom is -0.441 e. The van der Waals surface area contributed by atoms with E-state index >= 15 is 0 Å². The molecule has 1 fully saturated rings. The zero-order valence-electron chi connectivity index (χ0n) is 19.4. The number of hydrogen-bond acceptors (Lipinski definition) is 9. The monoisotopic (exact) mass is 472 g/mol. The second-order valence-electron chi connectivity index (χ2n) is 8.40. The highest BCUT2D eigenvalue weighted by Crippen LogP contribution is 2.35. The van der Waals surface area contributed by atoms with Gasteiger partial charge in [0.15, 0.2) is 5.69 Å². The van der Waals surface area contributed by atoms with Crippen molar-refractivity contribution in [3.8, 4) is 17.5 Å². The summed E-state index contributed by atoms with van der Waals surface area (Å²) in [6.07, 6.45) is 3.57. The van der Waals surface area contributed by atoms with Gasteiger partial charge in [0.05, 0.1) is 6.07 Å². The summed E-state index contributed by atoms with van der Waals surface area (Å²) in [5.41, 5.74) is 1.91. The lowest BCUT2D eigenvalue weighted by atomic mass is 10.1. The Labute approximate surface area is 201 Å². The Morgan fingerprint density at radius 3 is 3.00 bits per heavy atom. The van der Waals surface area contributed by atoms with E-state index in [1.807, 2.05) is 30.3 Å². The van der Waals surface area contributed by atoms with Crippen LogP contribution in [0.25, 0.3) is 11.5 Å². The zero-order valence-corrected chi connectivity index (χ0v) is 19.4. The van der Waals surface area contributed by atoms with Gasteiger partial charge < -0.3 is 24.9 Å². The molecule has 2 aliphatic rings. The van der Waals surface area contributed by atoms with Gasteiger partial charge in [-0.05, 0) is 38.0 Å². The molecular weight excluding hydrogens is 448 g/mol. The van der Waals surface area contributed by atoms with Crippen molar-refractivity contribution in [3.63, 3.8) is 0 Å². The minimum atomic E-state index is -0.475. The van der Waals surface area contributed by atoms with Crippen LogP contribution in [-0.4, -0.2) is 59.5 Å². The Kier molecular flexibility index (Phi) is 5.78. The summed E-state index contributed by atoms with van der Waals surface area (Å²) >= 11 is 0. The molecule has 178 valence electrons. The summed E-state index contributed by atoms with van der Waals surface area (Å²) in [7, 11) is 1.75. The number of hydrogen-bond donors (Lipinski definition) is 2. The fourth-order valence-electron chi connectivity index (χ4n) is 4.57. The van der Waals surface area contributed by atoms with Crippen molar-refractivity contribution in [2.75, 3.05) is 41.8 Å². The highest BCUT2D eigenvalue weighted by molar-refractivity contribution is 6.10. The van der Waals surface area contributed by atoms with Crippen LogP contribution in [0.15, 0.2) is 34.9 Å². The molecule has 11 nitrogen and oxygen atoms in total. The van der Waals surface area contributed by atoms with Crippen molar-refractivity contribution in [1.29, 1.82) is 5.26 Å². The lowest BCUT2D eigenvalue weighted by molar-refractivity contribution is 0.0951. The number of carbonyl (C=O) groups excluding carboxylic acids is 2. The molecule has 1 aromatic carbocycles. The van der Waals surface area contributed by atoms with Crippen molar-refractivity contribution >= 4 is 29.3 Å². The maximum Gasteiger partial charge on any atom is 0.274 e. The van der Waals surface area contributed by atoms with Gasteiger partial charge >= 0.3 is 0 Å². The van der Waals surface area contributed by atoms with Crippen LogP contribution < -0.4 is 20.4 Å². The van der Waals surface area contributed by atoms with Gasteiger partial charge in [0.1, 0.15) is 23.7 Å². The molecule has 11 heteroatoms. The number of aromatic nitrogens is 3. The molecule has 2 aliphatic heterocycles. The molecule has 0 aliphatic carbocycles. The van der Waals surface area contributed by atoms with E-state index in [-0.39, 0.29) is 30.1 Å². The molecule has 1 unspecified atom stereocenters. The second-order valence-corrected chi connectivity index (χ2v) is 8.40. The van der Waals surface area contributed by atoms with E-state index in [0.717, 1.165) is 19.4 Å². The fourth-order valence-corrected chi connectivity index (χ4v) is 4.57. The van der Waals surface area contributed by atoms with Crippen LogP contribution in [0.5, 0.6) is 0 Å². The molecule has 3 aromatic rings. The smallest absolute Gasteiger partial charge is 0.274 e. The first-order chi connectivity index (χ1) is 17.0. The summed E-state index contributed by atoms with van der Waals surface area (Å²) < 4.78 is 5.75. The first-order valence-electron chi connectivity index (χ1n) is 11.4. The molecule has 2 aromatic heterocycles. The van der Waals surface area contributed by atoms with E-state index in [0.29, 0.717) is 40.9 Å². The Morgan fingerprint density at radius 1 is 1.34 bits per heavy atom. The molecule has 1 atom stereocenters. The Morgan fingerprint density at radius 2 is 2.20 bits per heavy atom. The molecule has 0 saturated carbocycles. The lowest BCUT2D eigenvalue weighted by Crippen LogP contribution is -2.39. The number of amides is 2. The lowest BCUT2D eigenvalue weighted by Gasteiger charge is -2.27. The largest absolute Gasteiger partial charge is 0.441 e. The van der Waals surface area contributed by atoms with Crippen molar-refractivity contribution in [2.45, 2.75) is 25.8 Å². The number of benzene rings is 1. The second kappa shape index (κ2) is 9.06. The molecule has 4 heterocycles. The van der Waals surface area contributed by atoms with Crippen LogP contribution in [0.4, 0.5) is 17.5 Å². The van der Waals surface area contributed by atoms with E-state index < -0.39 is 5.91 Å². The van der Waals surface area contributed by atoms with E-state index in [4.69, 9.17) is 9.68 Å². The van der Waals surface area contributed by atoms with Crippen LogP contribution in [0.3, 0.4) is 0 Å². The standard InChI is InChI=1S/C24H24N8O3/c1-14-19(21(33)27-9-8-25)29-22(35-14)15-5-3-6-16(11-15)32-13-17-7-4-10-31(17)20-18(23(32)34)12-28-24(26-2)30-20/h3,5-6,11-12,17H,4,7,9-10,13H2,1-2H3,(H,27,33)(H,26,28,30). The fraction of sp³-hybridized carbons (Fsp3) is 0.333. The van der Waals surface area contributed by atoms with Crippen LogP contribution >= 0.6 is 0 Å². The van der Waals surface area contributed by atoms with Gasteiger partial charge in [-0.25, -0.2) is 9.97 Å². The van der Waals surface area contributed by atoms with Crippen molar-refractivity contribution in [2.24, 2.45) is 0 Å². The van der Waals surface area contributed by atoms with Gasteiger partial charge in [0.25, 0.3) is 11.8 Å². The third kappa shape index (κ3) is 4.03. The Hall–Kier alpha value is -4.46. The quantitative estimate of drug-likeness (QED) is 0.535. The number of oxazole rings is 1. The van der Waals surface area contributed by atoms with Crippen molar-refractivity contribution < 1.29 is 14.0 Å². The average molecular weight is 473 g/mol. The highest BCUT2D eigenvalue weighted by Gasteiger charge is 2.37. The molecule has 2 amide bonds. The Balaban J connectivity index is 1.50. The first kappa shape index (κ1) is 22.3. The van der Waals surface area contributed by atoms with Gasteiger partial charge in [-0.3, -0.25) is 9.59 Å². The molecular formula is C24H24N8O3. The van der Waals surface area contributed by atoms with Crippen LogP contribution in [-0.2, 0) is 0 Å². The van der Waals surface area contributed by atoms with Crippen LogP contribution in [0.1, 0.15) is 39.4 Å². The number of nitriles is 1. The molecule has 5 rings (SSSR count). The zero-order chi connectivity index (χ0) is 24.5. The molecule has 2 N–H and O–H groups in total. The first-order valence-corrected chi connectivity index (χ1v) is 11.4. The number of carbonyl (C=O) groups is 2. The predicted octanol–water partition coefficient (Wildman–Crippen LogP) is 2.36. The normalized spacial score (nSPS) is 16.8. The number of rotatable bonds is 5. The summed E-state index contributed by atoms with van der Waals surface area (Å²) in [6.45, 7) is 2.88. The van der Waals surface area contributed by atoms with Gasteiger partial charge in [-0.15, -0.1) is 0 Å². The minimum absolute atomic E-state index is 0.119. The number of aryl methyl sites for hydroxylation is 1. The number of nitrogens with one attached hydrogen (secondary N) is 2. The van der Waals surface area contributed by atoms with E-state index in [9.17, 15) is 9.59 Å².